The first-order valence-corrected chi connectivity index (χ1v) is 8.56. The highest BCUT2D eigenvalue weighted by Crippen LogP contribution is 2.40. The Balaban J connectivity index is 1.90. The monoisotopic (exact) mass is 366 g/mol. The van der Waals surface area contributed by atoms with E-state index < -0.39 is 17.5 Å². The van der Waals surface area contributed by atoms with Crippen molar-refractivity contribution in [2.75, 3.05) is 17.2 Å². The Morgan fingerprint density at radius 2 is 1.88 bits per heavy atom. The molecule has 3 N–H and O–H groups in total. The Morgan fingerprint density at radius 3 is 2.50 bits per heavy atom. The van der Waals surface area contributed by atoms with Gasteiger partial charge in [-0.15, -0.1) is 0 Å². The quantitative estimate of drug-likeness (QED) is 0.648. The van der Waals surface area contributed by atoms with Crippen LogP contribution in [0.3, 0.4) is 0 Å². The fourth-order valence-corrected chi connectivity index (χ4v) is 2.53. The second-order valence-corrected chi connectivity index (χ2v) is 6.80. The van der Waals surface area contributed by atoms with E-state index in [-0.39, 0.29) is 30.1 Å². The number of nitrogens with zero attached hydrogens (tertiary/aromatic N) is 2. The molecule has 1 aromatic carbocycles. The van der Waals surface area contributed by atoms with Crippen molar-refractivity contribution < 1.29 is 18.3 Å². The van der Waals surface area contributed by atoms with Crippen molar-refractivity contribution in [2.45, 2.75) is 38.6 Å². The third-order valence-electron chi connectivity index (χ3n) is 4.36. The molecule has 140 valence electrons. The summed E-state index contributed by atoms with van der Waals surface area (Å²) in [6.45, 7) is 3.82. The highest BCUT2D eigenvalue weighted by atomic mass is 19.2. The Bertz CT molecular complexity index is 796. The number of hydrogen-bond acceptors (Lipinski definition) is 5. The fraction of sp³-hybridized carbons (Fsp3) is 0.444. The molecule has 0 radical (unpaired) electrons. The lowest BCUT2D eigenvalue weighted by atomic mass is 10.1. The number of hydrogen-bond donors (Lipinski definition) is 3. The summed E-state index contributed by atoms with van der Waals surface area (Å²) < 4.78 is 40.5. The topological polar surface area (TPSA) is 70.1 Å². The van der Waals surface area contributed by atoms with E-state index in [0.717, 1.165) is 30.7 Å². The minimum atomic E-state index is -1.54. The Kier molecular flexibility index (Phi) is 5.31. The van der Waals surface area contributed by atoms with Gasteiger partial charge < -0.3 is 15.7 Å². The van der Waals surface area contributed by atoms with E-state index >= 15 is 0 Å². The van der Waals surface area contributed by atoms with Crippen molar-refractivity contribution in [3.8, 4) is 0 Å². The van der Waals surface area contributed by atoms with Crippen LogP contribution in [0.2, 0.25) is 0 Å². The number of aliphatic hydroxyl groups excluding tert-OH is 1. The van der Waals surface area contributed by atoms with Crippen molar-refractivity contribution in [3.05, 3.63) is 41.3 Å². The molecule has 26 heavy (non-hydrogen) atoms. The summed E-state index contributed by atoms with van der Waals surface area (Å²) in [5.41, 5.74) is 0.575. The SMILES string of the molecule is CC(C)[C@@H](CO)Nc1nc(Nc2ccc(F)c(F)c2F)cc(C2CC2)n1. The van der Waals surface area contributed by atoms with Crippen molar-refractivity contribution in [1.82, 2.24) is 9.97 Å². The zero-order valence-corrected chi connectivity index (χ0v) is 14.6. The van der Waals surface area contributed by atoms with Gasteiger partial charge in [-0.1, -0.05) is 13.8 Å². The van der Waals surface area contributed by atoms with Crippen LogP contribution in [0.4, 0.5) is 30.6 Å². The van der Waals surface area contributed by atoms with Crippen LogP contribution in [-0.2, 0) is 0 Å². The van der Waals surface area contributed by atoms with Gasteiger partial charge in [0.25, 0.3) is 0 Å². The van der Waals surface area contributed by atoms with Crippen molar-refractivity contribution in [2.24, 2.45) is 5.92 Å². The third kappa shape index (κ3) is 4.07. The van der Waals surface area contributed by atoms with E-state index in [9.17, 15) is 18.3 Å². The Labute approximate surface area is 149 Å². The molecule has 0 aliphatic heterocycles. The lowest BCUT2D eigenvalue weighted by molar-refractivity contribution is 0.248. The van der Waals surface area contributed by atoms with E-state index in [0.29, 0.717) is 11.9 Å². The molecule has 1 fully saturated rings. The molecule has 0 saturated heterocycles. The molecular weight excluding hydrogens is 345 g/mol. The van der Waals surface area contributed by atoms with Crippen LogP contribution >= 0.6 is 0 Å². The maximum absolute atomic E-state index is 13.9. The van der Waals surface area contributed by atoms with Gasteiger partial charge >= 0.3 is 0 Å². The average molecular weight is 366 g/mol. The second-order valence-electron chi connectivity index (χ2n) is 6.80. The van der Waals surface area contributed by atoms with Gasteiger partial charge in [-0.25, -0.2) is 18.2 Å². The average Bonchev–Trinajstić information content (AvgIpc) is 3.45. The number of rotatable bonds is 7. The molecule has 5 nitrogen and oxygen atoms in total. The fourth-order valence-electron chi connectivity index (χ4n) is 2.53. The third-order valence-corrected chi connectivity index (χ3v) is 4.36. The van der Waals surface area contributed by atoms with Gasteiger partial charge in [0.05, 0.1) is 24.0 Å². The largest absolute Gasteiger partial charge is 0.394 e. The van der Waals surface area contributed by atoms with Crippen molar-refractivity contribution in [1.29, 1.82) is 0 Å². The summed E-state index contributed by atoms with van der Waals surface area (Å²) in [7, 11) is 0. The molecule has 0 unspecified atom stereocenters. The first-order chi connectivity index (χ1) is 12.4. The molecule has 1 saturated carbocycles. The van der Waals surface area contributed by atoms with Gasteiger partial charge in [0.2, 0.25) is 5.95 Å². The lowest BCUT2D eigenvalue weighted by Gasteiger charge is -2.20. The van der Waals surface area contributed by atoms with Crippen LogP contribution in [0.25, 0.3) is 0 Å². The molecule has 3 rings (SSSR count). The summed E-state index contributed by atoms with van der Waals surface area (Å²) in [6, 6.07) is 3.40. The number of aromatic nitrogens is 2. The summed E-state index contributed by atoms with van der Waals surface area (Å²) >= 11 is 0. The van der Waals surface area contributed by atoms with E-state index in [4.69, 9.17) is 0 Å². The zero-order valence-electron chi connectivity index (χ0n) is 14.6. The number of anilines is 3. The highest BCUT2D eigenvalue weighted by Gasteiger charge is 2.27. The standard InChI is InChI=1S/C18H21F3N4O/c1-9(2)14(8-26)24-18-23-13(10-3-4-10)7-15(25-18)22-12-6-5-11(19)16(20)17(12)21/h5-7,9-10,14,26H,3-4,8H2,1-2H3,(H2,22,23,24,25)/t14-/m1/s1. The van der Waals surface area contributed by atoms with Crippen LogP contribution in [0.1, 0.15) is 38.3 Å². The van der Waals surface area contributed by atoms with Gasteiger partial charge in [-0.05, 0) is 30.9 Å². The van der Waals surface area contributed by atoms with Crippen LogP contribution in [0.5, 0.6) is 0 Å². The molecule has 1 aliphatic rings. The predicted molar refractivity (Wildman–Crippen MR) is 92.9 cm³/mol. The lowest BCUT2D eigenvalue weighted by Crippen LogP contribution is -2.30. The number of nitrogens with one attached hydrogen (secondary N) is 2. The second kappa shape index (κ2) is 7.49. The van der Waals surface area contributed by atoms with Gasteiger partial charge in [0.1, 0.15) is 5.82 Å². The molecule has 0 spiro atoms. The van der Waals surface area contributed by atoms with E-state index in [2.05, 4.69) is 20.6 Å². The van der Waals surface area contributed by atoms with Crippen LogP contribution in [0.15, 0.2) is 18.2 Å². The Morgan fingerprint density at radius 1 is 1.15 bits per heavy atom. The van der Waals surface area contributed by atoms with Gasteiger partial charge in [0.15, 0.2) is 17.5 Å². The van der Waals surface area contributed by atoms with Crippen LogP contribution in [-0.4, -0.2) is 27.7 Å². The number of halogens is 3. The van der Waals surface area contributed by atoms with Gasteiger partial charge in [-0.3, -0.25) is 0 Å². The van der Waals surface area contributed by atoms with E-state index in [1.165, 1.54) is 0 Å². The van der Waals surface area contributed by atoms with E-state index in [1.807, 2.05) is 13.8 Å². The molecule has 1 aromatic heterocycles. The number of aliphatic hydroxyl groups is 1. The maximum atomic E-state index is 13.9. The normalized spacial score (nSPS) is 15.2. The van der Waals surface area contributed by atoms with Crippen LogP contribution in [0, 0.1) is 23.4 Å². The maximum Gasteiger partial charge on any atom is 0.225 e. The summed E-state index contributed by atoms with van der Waals surface area (Å²) in [5, 5.41) is 15.2. The smallest absolute Gasteiger partial charge is 0.225 e. The first kappa shape index (κ1) is 18.4. The van der Waals surface area contributed by atoms with Gasteiger partial charge in [-0.2, -0.15) is 4.98 Å². The molecule has 2 aromatic rings. The number of benzene rings is 1. The van der Waals surface area contributed by atoms with Gasteiger partial charge in [0, 0.05) is 12.0 Å². The molecule has 1 atom stereocenters. The minimum Gasteiger partial charge on any atom is -0.394 e. The summed E-state index contributed by atoms with van der Waals surface area (Å²) in [5.74, 6) is -3.07. The minimum absolute atomic E-state index is 0.0880. The zero-order chi connectivity index (χ0) is 18.8. The molecule has 1 heterocycles. The van der Waals surface area contributed by atoms with E-state index in [1.54, 1.807) is 6.07 Å². The Hall–Kier alpha value is -2.35. The molecule has 8 heteroatoms. The van der Waals surface area contributed by atoms with Crippen molar-refractivity contribution in [3.63, 3.8) is 0 Å². The molecule has 1 aliphatic carbocycles. The summed E-state index contributed by atoms with van der Waals surface area (Å²) in [6.07, 6.45) is 2.01. The first-order valence-electron chi connectivity index (χ1n) is 8.56. The predicted octanol–water partition coefficient (Wildman–Crippen LogP) is 3.94. The highest BCUT2D eigenvalue weighted by molar-refractivity contribution is 5.59. The van der Waals surface area contributed by atoms with Crippen LogP contribution < -0.4 is 10.6 Å². The molecule has 0 bridgehead atoms. The van der Waals surface area contributed by atoms with Crippen molar-refractivity contribution >= 4 is 17.5 Å². The molecular formula is C18H21F3N4O. The summed E-state index contributed by atoms with van der Waals surface area (Å²) in [4.78, 5) is 8.74. The molecule has 0 amide bonds.